The first kappa shape index (κ1) is 75.2. The Morgan fingerprint density at radius 2 is 0.588 bits per heavy atom. The van der Waals surface area contributed by atoms with Crippen molar-refractivity contribution in [2.24, 2.45) is 0 Å². The van der Waals surface area contributed by atoms with Gasteiger partial charge in [-0.2, -0.15) is 0 Å². The SMILES string of the molecule is C=Cc1cccc(N(c2ccc(C)cc2)c2ccc(C)cc2)c1.CCC(C)c1ccc(N(c2ccc(C)cc2)c2ccc(-c3ccc(N(c4ccc(C)cc4)c4ccc(C(C)CC)cc4)cc3)cc2)cc1.CCCCCCCCC1(CCCCCCCC)c2cc(C)ccc2-c2ccc(C)cc21. The van der Waals surface area contributed by atoms with Gasteiger partial charge in [0.25, 0.3) is 0 Å². The normalized spacial score (nSPS) is 12.4. The van der Waals surface area contributed by atoms with Crippen molar-refractivity contribution in [2.75, 3.05) is 14.7 Å². The van der Waals surface area contributed by atoms with Crippen LogP contribution < -0.4 is 14.7 Å². The van der Waals surface area contributed by atoms with Gasteiger partial charge >= 0.3 is 0 Å². The Hall–Kier alpha value is -9.44. The molecule has 0 N–H and O–H groups in total. The maximum atomic E-state index is 3.88. The first-order chi connectivity index (χ1) is 49.6. The molecular formula is C99H115N3. The number of rotatable bonds is 29. The van der Waals surface area contributed by atoms with Crippen LogP contribution in [0.15, 0.2) is 261 Å². The lowest BCUT2D eigenvalue weighted by Gasteiger charge is -2.33. The molecule has 0 aromatic heterocycles. The first-order valence-corrected chi connectivity index (χ1v) is 38.7. The summed E-state index contributed by atoms with van der Waals surface area (Å²) in [6.07, 6.45) is 23.4. The zero-order valence-electron chi connectivity index (χ0n) is 63.8. The molecule has 2 atom stereocenters. The number of aryl methyl sites for hydroxylation is 6. The molecular weight excluding hydrogens is 1230 g/mol. The molecule has 0 fully saturated rings. The summed E-state index contributed by atoms with van der Waals surface area (Å²) < 4.78 is 0. The number of hydrogen-bond acceptors (Lipinski definition) is 3. The third-order valence-electron chi connectivity index (χ3n) is 21.4. The third kappa shape index (κ3) is 19.2. The first-order valence-electron chi connectivity index (χ1n) is 38.7. The van der Waals surface area contributed by atoms with Crippen molar-refractivity contribution in [2.45, 2.75) is 203 Å². The van der Waals surface area contributed by atoms with Gasteiger partial charge in [-0.1, -0.05) is 310 Å². The van der Waals surface area contributed by atoms with Crippen molar-refractivity contribution in [1.29, 1.82) is 0 Å². The van der Waals surface area contributed by atoms with E-state index < -0.39 is 0 Å². The highest BCUT2D eigenvalue weighted by Gasteiger charge is 2.42. The van der Waals surface area contributed by atoms with Gasteiger partial charge in [0.2, 0.25) is 0 Å². The van der Waals surface area contributed by atoms with E-state index in [1.165, 1.54) is 157 Å². The standard InChI is InChI=1S/C46H48N2.C31H46.C22H21N/c1-7-35(5)37-13-25-43(26-14-37)47(41-21-9-33(3)10-22-41)45-29-17-39(18-30-45)40-19-31-46(32-20-40)48(42-23-11-34(4)12-24-42)44-27-15-38(16-28-44)36(6)8-2;1-5-7-9-11-13-15-21-31(22-16-14-12-10-8-6-2)29-23-25(3)17-19-27(29)28-20-18-26(4)24-30(28)31;1-4-19-6-5-7-22(16-19)23(20-12-8-17(2)9-13-20)21-14-10-18(3)11-15-21/h9-32,35-36H,7-8H2,1-6H3;17-20,23-24H,5-16,21-22H2,1-4H3;4-16H,1H2,2-3H3. The summed E-state index contributed by atoms with van der Waals surface area (Å²) in [4.78, 5) is 6.96. The van der Waals surface area contributed by atoms with E-state index >= 15 is 0 Å². The van der Waals surface area contributed by atoms with Gasteiger partial charge in [-0.3, -0.25) is 0 Å². The van der Waals surface area contributed by atoms with Gasteiger partial charge in [-0.25, -0.2) is 0 Å². The molecule has 0 heterocycles. The third-order valence-corrected chi connectivity index (χ3v) is 21.4. The fourth-order valence-corrected chi connectivity index (χ4v) is 14.7. The number of nitrogens with zero attached hydrogens (tertiary/aromatic N) is 3. The fourth-order valence-electron chi connectivity index (χ4n) is 14.7. The summed E-state index contributed by atoms with van der Waals surface area (Å²) in [5, 5.41) is 0. The Balaban J connectivity index is 0.000000178. The van der Waals surface area contributed by atoms with E-state index in [9.17, 15) is 0 Å². The summed E-state index contributed by atoms with van der Waals surface area (Å²) in [5.74, 6) is 1.10. The van der Waals surface area contributed by atoms with Crippen molar-refractivity contribution in [3.05, 3.63) is 323 Å². The van der Waals surface area contributed by atoms with Gasteiger partial charge in [0.15, 0.2) is 0 Å². The number of hydrogen-bond donors (Lipinski definition) is 0. The number of benzene rings is 11. The minimum Gasteiger partial charge on any atom is -0.311 e. The van der Waals surface area contributed by atoms with Gasteiger partial charge in [-0.15, -0.1) is 0 Å². The Kier molecular flexibility index (Phi) is 27.3. The van der Waals surface area contributed by atoms with Crippen molar-refractivity contribution in [3.63, 3.8) is 0 Å². The van der Waals surface area contributed by atoms with E-state index in [2.05, 4.69) is 359 Å². The van der Waals surface area contributed by atoms with Crippen LogP contribution in [0.5, 0.6) is 0 Å². The zero-order valence-corrected chi connectivity index (χ0v) is 63.8. The van der Waals surface area contributed by atoms with Crippen LogP contribution in [0.25, 0.3) is 28.3 Å². The number of anilines is 9. The van der Waals surface area contributed by atoms with E-state index in [-0.39, 0.29) is 5.41 Å². The topological polar surface area (TPSA) is 9.72 Å². The monoisotopic (exact) mass is 1350 g/mol. The largest absolute Gasteiger partial charge is 0.311 e. The second-order valence-corrected chi connectivity index (χ2v) is 29.3. The second kappa shape index (κ2) is 36.9. The zero-order chi connectivity index (χ0) is 72.0. The summed E-state index contributed by atoms with van der Waals surface area (Å²) in [7, 11) is 0. The smallest absolute Gasteiger partial charge is 0.0467 e. The highest BCUT2D eigenvalue weighted by Crippen LogP contribution is 2.55. The lowest BCUT2D eigenvalue weighted by atomic mass is 9.70. The van der Waals surface area contributed by atoms with Crippen LogP contribution >= 0.6 is 0 Å². The minimum absolute atomic E-state index is 0.234. The van der Waals surface area contributed by atoms with Crippen LogP contribution in [0, 0.1) is 41.5 Å². The molecule has 1 aliphatic rings. The Morgan fingerprint density at radius 3 is 0.902 bits per heavy atom. The van der Waals surface area contributed by atoms with Crippen molar-refractivity contribution < 1.29 is 0 Å². The molecule has 526 valence electrons. The summed E-state index contributed by atoms with van der Waals surface area (Å²) in [5.41, 5.74) is 31.0. The molecule has 0 amide bonds. The molecule has 0 aliphatic heterocycles. The number of unbranched alkanes of at least 4 members (excludes halogenated alkanes) is 10. The highest BCUT2D eigenvalue weighted by molar-refractivity contribution is 5.84. The van der Waals surface area contributed by atoms with E-state index in [0.29, 0.717) is 11.8 Å². The summed E-state index contributed by atoms with van der Waals surface area (Å²) in [6.45, 7) is 30.6. The molecule has 11 aromatic carbocycles. The average molecular weight is 1350 g/mol. The highest BCUT2D eigenvalue weighted by atomic mass is 15.2. The molecule has 3 heteroatoms. The second-order valence-electron chi connectivity index (χ2n) is 29.3. The van der Waals surface area contributed by atoms with E-state index in [1.54, 1.807) is 11.1 Å². The van der Waals surface area contributed by atoms with Crippen LogP contribution in [0.2, 0.25) is 0 Å². The van der Waals surface area contributed by atoms with Crippen LogP contribution in [0.3, 0.4) is 0 Å². The molecule has 12 rings (SSSR count). The van der Waals surface area contributed by atoms with E-state index in [0.717, 1.165) is 69.6 Å². The van der Waals surface area contributed by atoms with Gasteiger partial charge in [0.05, 0.1) is 0 Å². The maximum Gasteiger partial charge on any atom is 0.0467 e. The molecule has 0 saturated heterocycles. The molecule has 0 saturated carbocycles. The van der Waals surface area contributed by atoms with Gasteiger partial charge in [-0.05, 0) is 238 Å². The van der Waals surface area contributed by atoms with Gasteiger partial charge < -0.3 is 14.7 Å². The molecule has 11 aromatic rings. The number of fused-ring (bicyclic) bond motifs is 3. The minimum atomic E-state index is 0.234. The molecule has 0 radical (unpaired) electrons. The molecule has 102 heavy (non-hydrogen) atoms. The molecule has 0 bridgehead atoms. The van der Waals surface area contributed by atoms with Gasteiger partial charge in [0.1, 0.15) is 0 Å². The Labute approximate surface area is 616 Å². The molecule has 2 unspecified atom stereocenters. The Morgan fingerprint density at radius 1 is 0.304 bits per heavy atom. The van der Waals surface area contributed by atoms with Gasteiger partial charge in [0, 0.05) is 56.6 Å². The summed E-state index contributed by atoms with van der Waals surface area (Å²) >= 11 is 0. The Bertz CT molecular complexity index is 4090. The maximum absolute atomic E-state index is 3.88. The van der Waals surface area contributed by atoms with E-state index in [4.69, 9.17) is 0 Å². The molecule has 3 nitrogen and oxygen atoms in total. The predicted molar refractivity (Wildman–Crippen MR) is 447 cm³/mol. The summed E-state index contributed by atoms with van der Waals surface area (Å²) in [6, 6.07) is 93.8. The van der Waals surface area contributed by atoms with Crippen molar-refractivity contribution >= 4 is 57.3 Å². The lowest BCUT2D eigenvalue weighted by Crippen LogP contribution is -2.25. The molecule has 1 aliphatic carbocycles. The average Bonchev–Trinajstić information content (AvgIpc) is 1.57. The molecule has 0 spiro atoms. The van der Waals surface area contributed by atoms with Crippen molar-refractivity contribution in [1.82, 2.24) is 0 Å². The fraction of sp³-hybridized carbons (Fsp3) is 0.313. The van der Waals surface area contributed by atoms with Crippen LogP contribution in [0.4, 0.5) is 51.2 Å². The predicted octanol–water partition coefficient (Wildman–Crippen LogP) is 30.4. The van der Waals surface area contributed by atoms with E-state index in [1.807, 2.05) is 6.08 Å². The van der Waals surface area contributed by atoms with Crippen LogP contribution in [-0.2, 0) is 5.41 Å². The quantitative estimate of drug-likeness (QED) is 0.0433. The van der Waals surface area contributed by atoms with Crippen molar-refractivity contribution in [3.8, 4) is 22.3 Å². The van der Waals surface area contributed by atoms with Crippen LogP contribution in [0.1, 0.15) is 217 Å². The lowest BCUT2D eigenvalue weighted by molar-refractivity contribution is 0.397. The van der Waals surface area contributed by atoms with Crippen LogP contribution in [-0.4, -0.2) is 0 Å².